The average molecular weight is 343 g/mol. The van der Waals surface area contributed by atoms with Crippen LogP contribution in [0.4, 0.5) is 16.6 Å². The van der Waals surface area contributed by atoms with E-state index in [4.69, 9.17) is 28.9 Å². The van der Waals surface area contributed by atoms with E-state index in [9.17, 15) is 4.79 Å². The van der Waals surface area contributed by atoms with Crippen molar-refractivity contribution in [2.45, 2.75) is 18.9 Å². The fraction of sp³-hybridized carbons (Fsp3) is 0.231. The quantitative estimate of drug-likeness (QED) is 0.788. The van der Waals surface area contributed by atoms with Crippen LogP contribution in [0, 0.1) is 0 Å². The molecule has 110 valence electrons. The smallest absolute Gasteiger partial charge is 0.269 e. The fourth-order valence-electron chi connectivity index (χ4n) is 1.73. The summed E-state index contributed by atoms with van der Waals surface area (Å²) < 4.78 is 0. The zero-order chi connectivity index (χ0) is 15.0. The molecule has 1 fully saturated rings. The Bertz CT molecular complexity index is 699. The van der Waals surface area contributed by atoms with Crippen LogP contribution in [0.2, 0.25) is 10.0 Å². The van der Waals surface area contributed by atoms with E-state index in [2.05, 4.69) is 15.6 Å². The van der Waals surface area contributed by atoms with Gasteiger partial charge in [0.05, 0.1) is 10.7 Å². The van der Waals surface area contributed by atoms with E-state index < -0.39 is 0 Å². The highest BCUT2D eigenvalue weighted by Gasteiger charge is 2.24. The van der Waals surface area contributed by atoms with Gasteiger partial charge in [-0.25, -0.2) is 4.98 Å². The molecular formula is C13H12Cl2N4OS. The minimum absolute atomic E-state index is 0.214. The van der Waals surface area contributed by atoms with Crippen LogP contribution in [0.1, 0.15) is 22.5 Å². The summed E-state index contributed by atoms with van der Waals surface area (Å²) >= 11 is 13.1. The highest BCUT2D eigenvalue weighted by molar-refractivity contribution is 7.18. The summed E-state index contributed by atoms with van der Waals surface area (Å²) in [6, 6.07) is 5.31. The van der Waals surface area contributed by atoms with Crippen LogP contribution in [-0.2, 0) is 0 Å². The summed E-state index contributed by atoms with van der Waals surface area (Å²) in [4.78, 5) is 16.8. The van der Waals surface area contributed by atoms with Gasteiger partial charge in [0.2, 0.25) is 0 Å². The molecule has 0 atom stereocenters. The lowest BCUT2D eigenvalue weighted by molar-refractivity contribution is 0.103. The van der Waals surface area contributed by atoms with Crippen molar-refractivity contribution in [3.05, 3.63) is 33.1 Å². The number of thiazole rings is 1. The second kappa shape index (κ2) is 5.71. The second-order valence-electron chi connectivity index (χ2n) is 4.73. The van der Waals surface area contributed by atoms with E-state index in [1.807, 2.05) is 0 Å². The Labute approximate surface area is 135 Å². The van der Waals surface area contributed by atoms with Gasteiger partial charge in [-0.2, -0.15) is 0 Å². The molecule has 1 aliphatic carbocycles. The lowest BCUT2D eigenvalue weighted by Gasteiger charge is -2.06. The van der Waals surface area contributed by atoms with E-state index in [1.165, 1.54) is 11.3 Å². The Morgan fingerprint density at radius 1 is 1.38 bits per heavy atom. The second-order valence-corrected chi connectivity index (χ2v) is 6.57. The maximum absolute atomic E-state index is 12.2. The molecule has 1 aliphatic rings. The number of halogens is 2. The first-order valence-corrected chi connectivity index (χ1v) is 7.89. The van der Waals surface area contributed by atoms with Crippen molar-refractivity contribution >= 4 is 57.1 Å². The van der Waals surface area contributed by atoms with E-state index >= 15 is 0 Å². The SMILES string of the molecule is Nc1nc(NC2CC2)sc1C(=O)Nc1ccc(Cl)cc1Cl. The number of hydrogen-bond donors (Lipinski definition) is 3. The molecule has 0 spiro atoms. The van der Waals surface area contributed by atoms with Crippen LogP contribution < -0.4 is 16.4 Å². The Morgan fingerprint density at radius 3 is 2.81 bits per heavy atom. The summed E-state index contributed by atoms with van der Waals surface area (Å²) in [5, 5.41) is 7.47. The number of amides is 1. The monoisotopic (exact) mass is 342 g/mol. The van der Waals surface area contributed by atoms with Crippen molar-refractivity contribution < 1.29 is 4.79 Å². The van der Waals surface area contributed by atoms with Crippen molar-refractivity contribution in [3.63, 3.8) is 0 Å². The normalized spacial score (nSPS) is 14.0. The Balaban J connectivity index is 1.76. The summed E-state index contributed by atoms with van der Waals surface area (Å²) in [7, 11) is 0. The van der Waals surface area contributed by atoms with E-state index in [0.29, 0.717) is 31.8 Å². The van der Waals surface area contributed by atoms with Gasteiger partial charge in [-0.15, -0.1) is 0 Å². The highest BCUT2D eigenvalue weighted by atomic mass is 35.5. The molecule has 0 bridgehead atoms. The summed E-state index contributed by atoms with van der Waals surface area (Å²) in [6.45, 7) is 0. The molecule has 2 aromatic rings. The van der Waals surface area contributed by atoms with Crippen molar-refractivity contribution in [1.29, 1.82) is 0 Å². The molecule has 3 rings (SSSR count). The number of nitrogens with one attached hydrogen (secondary N) is 2. The number of benzene rings is 1. The first kappa shape index (κ1) is 14.4. The van der Waals surface area contributed by atoms with Gasteiger partial charge in [0.25, 0.3) is 5.91 Å². The molecule has 4 N–H and O–H groups in total. The van der Waals surface area contributed by atoms with Gasteiger partial charge in [0.1, 0.15) is 10.7 Å². The first-order valence-electron chi connectivity index (χ1n) is 6.32. The number of nitrogens with zero attached hydrogens (tertiary/aromatic N) is 1. The number of carbonyl (C=O) groups excluding carboxylic acids is 1. The minimum Gasteiger partial charge on any atom is -0.382 e. The fourth-order valence-corrected chi connectivity index (χ4v) is 3.04. The van der Waals surface area contributed by atoms with Crippen LogP contribution in [0.5, 0.6) is 0 Å². The van der Waals surface area contributed by atoms with Gasteiger partial charge in [-0.3, -0.25) is 4.79 Å². The number of hydrogen-bond acceptors (Lipinski definition) is 5. The standard InChI is InChI=1S/C13H12Cl2N4OS/c14-6-1-4-9(8(15)5-6)18-12(20)10-11(16)19-13(21-10)17-7-2-3-7/h1,4-5,7H,2-3,16H2,(H,17,19)(H,18,20). The van der Waals surface area contributed by atoms with Crippen LogP contribution in [-0.4, -0.2) is 16.9 Å². The van der Waals surface area contributed by atoms with Crippen LogP contribution in [0.3, 0.4) is 0 Å². The summed E-state index contributed by atoms with van der Waals surface area (Å²) in [5.41, 5.74) is 6.28. The van der Waals surface area contributed by atoms with Gasteiger partial charge in [-0.05, 0) is 31.0 Å². The van der Waals surface area contributed by atoms with Gasteiger partial charge in [0.15, 0.2) is 5.13 Å². The average Bonchev–Trinajstić information content (AvgIpc) is 3.15. The largest absolute Gasteiger partial charge is 0.382 e. The third-order valence-corrected chi connectivity index (χ3v) is 4.49. The van der Waals surface area contributed by atoms with Gasteiger partial charge in [0, 0.05) is 11.1 Å². The predicted molar refractivity (Wildman–Crippen MR) is 87.6 cm³/mol. The predicted octanol–water partition coefficient (Wildman–Crippen LogP) is 3.86. The zero-order valence-electron chi connectivity index (χ0n) is 10.8. The lowest BCUT2D eigenvalue weighted by atomic mass is 10.3. The molecule has 5 nitrogen and oxygen atoms in total. The lowest BCUT2D eigenvalue weighted by Crippen LogP contribution is -2.12. The molecule has 0 aliphatic heterocycles. The molecule has 0 radical (unpaired) electrons. The molecule has 0 saturated heterocycles. The molecule has 1 amide bonds. The van der Waals surface area contributed by atoms with Crippen molar-refractivity contribution in [1.82, 2.24) is 4.98 Å². The summed E-state index contributed by atoms with van der Waals surface area (Å²) in [5.74, 6) is -0.121. The van der Waals surface area contributed by atoms with Gasteiger partial charge < -0.3 is 16.4 Å². The third-order valence-electron chi connectivity index (χ3n) is 2.94. The minimum atomic E-state index is -0.335. The molecule has 8 heteroatoms. The number of nitrogen functional groups attached to an aromatic ring is 1. The van der Waals surface area contributed by atoms with Gasteiger partial charge in [-0.1, -0.05) is 34.5 Å². The number of rotatable bonds is 4. The molecule has 0 unspecified atom stereocenters. The Hall–Kier alpha value is -1.50. The van der Waals surface area contributed by atoms with E-state index in [0.717, 1.165) is 12.8 Å². The molecule has 1 saturated carbocycles. The van der Waals surface area contributed by atoms with Gasteiger partial charge >= 0.3 is 0 Å². The van der Waals surface area contributed by atoms with Crippen LogP contribution >= 0.6 is 34.5 Å². The highest BCUT2D eigenvalue weighted by Crippen LogP contribution is 2.32. The molecular weight excluding hydrogens is 331 g/mol. The number of anilines is 3. The number of nitrogens with two attached hydrogens (primary N) is 1. The van der Waals surface area contributed by atoms with Crippen molar-refractivity contribution in [2.75, 3.05) is 16.4 Å². The van der Waals surface area contributed by atoms with E-state index in [-0.39, 0.29) is 11.7 Å². The topological polar surface area (TPSA) is 80.0 Å². The zero-order valence-corrected chi connectivity index (χ0v) is 13.1. The van der Waals surface area contributed by atoms with E-state index in [1.54, 1.807) is 18.2 Å². The number of carbonyl (C=O) groups is 1. The molecule has 1 heterocycles. The molecule has 1 aromatic heterocycles. The number of aromatic nitrogens is 1. The van der Waals surface area contributed by atoms with Crippen molar-refractivity contribution in [2.24, 2.45) is 0 Å². The molecule has 1 aromatic carbocycles. The molecule has 21 heavy (non-hydrogen) atoms. The first-order chi connectivity index (χ1) is 10.0. The van der Waals surface area contributed by atoms with Crippen LogP contribution in [0.15, 0.2) is 18.2 Å². The maximum Gasteiger partial charge on any atom is 0.269 e. The maximum atomic E-state index is 12.2. The van der Waals surface area contributed by atoms with Crippen LogP contribution in [0.25, 0.3) is 0 Å². The van der Waals surface area contributed by atoms with Crippen molar-refractivity contribution in [3.8, 4) is 0 Å². The third kappa shape index (κ3) is 3.40. The Kier molecular flexibility index (Phi) is 3.93. The summed E-state index contributed by atoms with van der Waals surface area (Å²) in [6.07, 6.45) is 2.25. The Morgan fingerprint density at radius 2 is 2.14 bits per heavy atom.